The third-order valence-corrected chi connectivity index (χ3v) is 7.55. The van der Waals surface area contributed by atoms with E-state index in [9.17, 15) is 13.2 Å². The summed E-state index contributed by atoms with van der Waals surface area (Å²) in [5, 5.41) is 1.88. The van der Waals surface area contributed by atoms with Crippen molar-refractivity contribution >= 4 is 31.9 Å². The molecule has 2 saturated heterocycles. The Labute approximate surface area is 162 Å². The number of hydrogen-bond donors (Lipinski definition) is 2. The molecule has 0 aliphatic carbocycles. The number of carbonyl (C=O) groups is 1. The summed E-state index contributed by atoms with van der Waals surface area (Å²) in [6.07, 6.45) is 0. The summed E-state index contributed by atoms with van der Waals surface area (Å²) in [5.74, 6) is -0.296. The number of amides is 1. The van der Waals surface area contributed by atoms with Gasteiger partial charge in [0, 0.05) is 23.1 Å². The van der Waals surface area contributed by atoms with Gasteiger partial charge in [0.05, 0.1) is 51.3 Å². The summed E-state index contributed by atoms with van der Waals surface area (Å²) in [6, 6.07) is 4.67. The fourth-order valence-electron chi connectivity index (χ4n) is 2.98. The molecule has 3 rings (SSSR count). The predicted molar refractivity (Wildman–Crippen MR) is 99.4 cm³/mol. The van der Waals surface area contributed by atoms with E-state index in [2.05, 4.69) is 28.4 Å². The quantitative estimate of drug-likeness (QED) is 0.614. The number of likely N-dealkylation sites (N-methyl/N-ethyl adjacent to an activating group) is 1. The molecule has 2 aliphatic rings. The van der Waals surface area contributed by atoms with Crippen LogP contribution in [0.2, 0.25) is 0 Å². The van der Waals surface area contributed by atoms with Crippen molar-refractivity contribution in [3.63, 3.8) is 0 Å². The van der Waals surface area contributed by atoms with E-state index >= 15 is 0 Å². The van der Waals surface area contributed by atoms with Gasteiger partial charge in [-0.15, -0.1) is 0 Å². The molecule has 1 amide bonds. The van der Waals surface area contributed by atoms with Crippen molar-refractivity contribution in [1.29, 1.82) is 0 Å². The summed E-state index contributed by atoms with van der Waals surface area (Å²) in [4.78, 5) is 14.1. The first kappa shape index (κ1) is 19.7. The van der Waals surface area contributed by atoms with Crippen molar-refractivity contribution in [3.05, 3.63) is 28.2 Å². The smallest absolute Gasteiger partial charge is 0.265 e. The number of nitrogens with one attached hydrogen (secondary N) is 2. The zero-order valence-corrected chi connectivity index (χ0v) is 17.1. The average molecular weight is 448 g/mol. The molecule has 144 valence electrons. The van der Waals surface area contributed by atoms with Gasteiger partial charge in [0.1, 0.15) is 0 Å². The van der Waals surface area contributed by atoms with Crippen molar-refractivity contribution in [3.8, 4) is 0 Å². The maximum Gasteiger partial charge on any atom is 0.265 e. The molecule has 1 aromatic carbocycles. The van der Waals surface area contributed by atoms with E-state index in [0.717, 1.165) is 26.2 Å². The zero-order chi connectivity index (χ0) is 18.7. The topological polar surface area (TPSA) is 83.4 Å². The van der Waals surface area contributed by atoms with Crippen molar-refractivity contribution in [2.24, 2.45) is 0 Å². The Kier molecular flexibility index (Phi) is 6.31. The Bertz CT molecular complexity index is 760. The Morgan fingerprint density at radius 2 is 1.85 bits per heavy atom. The summed E-state index contributed by atoms with van der Waals surface area (Å²) in [7, 11) is -1.56. The minimum atomic E-state index is -3.68. The van der Waals surface area contributed by atoms with Gasteiger partial charge in [0.2, 0.25) is 10.0 Å². The fourth-order valence-corrected chi connectivity index (χ4v) is 5.34. The highest BCUT2D eigenvalue weighted by Gasteiger charge is 2.29. The molecule has 0 unspecified atom stereocenters. The number of piperazine rings is 1. The van der Waals surface area contributed by atoms with Crippen LogP contribution in [0.1, 0.15) is 10.4 Å². The number of sulfonamides is 1. The SMILES string of the molecule is C[NH+]1CCN(NC(=O)c2ccc(Br)c(S(=O)(=O)N3CCOCC3)c2)CC1. The second-order valence-corrected chi connectivity index (χ2v) is 9.31. The molecular formula is C16H24BrN4O4S+. The van der Waals surface area contributed by atoms with Crippen molar-refractivity contribution < 1.29 is 22.8 Å². The molecule has 2 fully saturated rings. The number of halogens is 1. The number of rotatable bonds is 4. The number of quaternary nitrogens is 1. The van der Waals surface area contributed by atoms with Gasteiger partial charge in [0.25, 0.3) is 5.91 Å². The van der Waals surface area contributed by atoms with Crippen LogP contribution < -0.4 is 10.3 Å². The van der Waals surface area contributed by atoms with Crippen LogP contribution in [-0.2, 0) is 14.8 Å². The molecule has 0 aromatic heterocycles. The molecule has 2 aliphatic heterocycles. The van der Waals surface area contributed by atoms with Crippen LogP contribution in [0.5, 0.6) is 0 Å². The van der Waals surface area contributed by atoms with Crippen LogP contribution in [0.4, 0.5) is 0 Å². The Hall–Kier alpha value is -1.04. The Morgan fingerprint density at radius 3 is 2.50 bits per heavy atom. The molecule has 2 heterocycles. The highest BCUT2D eigenvalue weighted by atomic mass is 79.9. The first-order chi connectivity index (χ1) is 12.4. The predicted octanol–water partition coefficient (Wildman–Crippen LogP) is -1.05. The second kappa shape index (κ2) is 8.32. The van der Waals surface area contributed by atoms with E-state index in [-0.39, 0.29) is 10.8 Å². The molecule has 0 saturated carbocycles. The third kappa shape index (κ3) is 4.44. The molecule has 10 heteroatoms. The molecule has 0 atom stereocenters. The highest BCUT2D eigenvalue weighted by Crippen LogP contribution is 2.27. The monoisotopic (exact) mass is 447 g/mol. The van der Waals surface area contributed by atoms with E-state index < -0.39 is 10.0 Å². The lowest BCUT2D eigenvalue weighted by molar-refractivity contribution is -0.884. The van der Waals surface area contributed by atoms with Gasteiger partial charge in [-0.3, -0.25) is 10.2 Å². The van der Waals surface area contributed by atoms with Gasteiger partial charge in [0.15, 0.2) is 0 Å². The number of hydrazine groups is 1. The molecule has 26 heavy (non-hydrogen) atoms. The van der Waals surface area contributed by atoms with Gasteiger partial charge in [-0.2, -0.15) is 4.31 Å². The van der Waals surface area contributed by atoms with Crippen LogP contribution >= 0.6 is 15.9 Å². The minimum absolute atomic E-state index is 0.106. The molecule has 2 N–H and O–H groups in total. The van der Waals surface area contributed by atoms with E-state index in [0.29, 0.717) is 36.3 Å². The summed E-state index contributed by atoms with van der Waals surface area (Å²) < 4.78 is 32.9. The lowest BCUT2D eigenvalue weighted by atomic mass is 10.2. The zero-order valence-electron chi connectivity index (χ0n) is 14.7. The van der Waals surface area contributed by atoms with E-state index in [1.54, 1.807) is 12.1 Å². The second-order valence-electron chi connectivity index (χ2n) is 6.55. The fraction of sp³-hybridized carbons (Fsp3) is 0.562. The summed E-state index contributed by atoms with van der Waals surface area (Å²) in [6.45, 7) is 4.84. The molecule has 0 bridgehead atoms. The normalized spacial score (nSPS) is 20.8. The largest absolute Gasteiger partial charge is 0.379 e. The molecule has 8 nitrogen and oxygen atoms in total. The van der Waals surface area contributed by atoms with Gasteiger partial charge in [-0.25, -0.2) is 13.4 Å². The van der Waals surface area contributed by atoms with Crippen molar-refractivity contribution in [2.75, 3.05) is 59.5 Å². The Morgan fingerprint density at radius 1 is 1.19 bits per heavy atom. The first-order valence-electron chi connectivity index (χ1n) is 8.62. The number of nitrogens with zero attached hydrogens (tertiary/aromatic N) is 2. The van der Waals surface area contributed by atoms with E-state index in [1.165, 1.54) is 15.3 Å². The molecule has 0 radical (unpaired) electrons. The molecular weight excluding hydrogens is 424 g/mol. The third-order valence-electron chi connectivity index (χ3n) is 4.66. The first-order valence-corrected chi connectivity index (χ1v) is 10.9. The van der Waals surface area contributed by atoms with Crippen LogP contribution in [0.25, 0.3) is 0 Å². The number of benzene rings is 1. The summed E-state index contributed by atoms with van der Waals surface area (Å²) >= 11 is 3.31. The average Bonchev–Trinajstić information content (AvgIpc) is 2.64. The summed E-state index contributed by atoms with van der Waals surface area (Å²) in [5.41, 5.74) is 3.20. The van der Waals surface area contributed by atoms with Gasteiger partial charge >= 0.3 is 0 Å². The Balaban J connectivity index is 1.77. The van der Waals surface area contributed by atoms with Gasteiger partial charge in [-0.05, 0) is 34.1 Å². The minimum Gasteiger partial charge on any atom is -0.379 e. The number of carbonyl (C=O) groups excluding carboxylic acids is 1. The molecule has 0 spiro atoms. The number of hydrogen-bond acceptors (Lipinski definition) is 5. The van der Waals surface area contributed by atoms with Gasteiger partial charge < -0.3 is 9.64 Å². The highest BCUT2D eigenvalue weighted by molar-refractivity contribution is 9.10. The maximum absolute atomic E-state index is 12.9. The molecule has 1 aromatic rings. The maximum atomic E-state index is 12.9. The van der Waals surface area contributed by atoms with Crippen LogP contribution in [0, 0.1) is 0 Å². The van der Waals surface area contributed by atoms with Crippen LogP contribution in [0.3, 0.4) is 0 Å². The van der Waals surface area contributed by atoms with Crippen LogP contribution in [-0.4, -0.2) is 83.2 Å². The van der Waals surface area contributed by atoms with Crippen LogP contribution in [0.15, 0.2) is 27.6 Å². The lowest BCUT2D eigenvalue weighted by Crippen LogP contribution is -3.12. The van der Waals surface area contributed by atoms with E-state index in [4.69, 9.17) is 4.74 Å². The number of morpholine rings is 1. The van der Waals surface area contributed by atoms with E-state index in [1.807, 2.05) is 5.01 Å². The standard InChI is InChI=1S/C16H23BrN4O4S/c1-19-4-6-20(7-5-19)18-16(22)13-2-3-14(17)15(12-13)26(23,24)21-8-10-25-11-9-21/h2-3,12H,4-11H2,1H3,(H,18,22)/p+1. The van der Waals surface area contributed by atoms with Gasteiger partial charge in [-0.1, -0.05) is 0 Å². The number of ether oxygens (including phenoxy) is 1. The lowest BCUT2D eigenvalue weighted by Gasteiger charge is -2.30. The van der Waals surface area contributed by atoms with Crippen molar-refractivity contribution in [1.82, 2.24) is 14.7 Å². The van der Waals surface area contributed by atoms with Crippen molar-refractivity contribution in [2.45, 2.75) is 4.90 Å².